The summed E-state index contributed by atoms with van der Waals surface area (Å²) in [7, 11) is 0. The minimum atomic E-state index is -0.753. The second kappa shape index (κ2) is 6.61. The predicted molar refractivity (Wildman–Crippen MR) is 82.6 cm³/mol. The average molecular weight is 290 g/mol. The lowest BCUT2D eigenvalue weighted by molar-refractivity contribution is -0.160. The molecule has 0 amide bonds. The molecule has 0 heterocycles. The van der Waals surface area contributed by atoms with Crippen LogP contribution in [0.5, 0.6) is 0 Å². The summed E-state index contributed by atoms with van der Waals surface area (Å²) in [6, 6.07) is 9.31. The molecule has 0 unspecified atom stereocenters. The average Bonchev–Trinajstić information content (AvgIpc) is 2.44. The van der Waals surface area contributed by atoms with Crippen molar-refractivity contribution >= 4 is 5.97 Å². The van der Waals surface area contributed by atoms with Gasteiger partial charge in [0, 0.05) is 0 Å². The second-order valence-electron chi connectivity index (χ2n) is 6.89. The van der Waals surface area contributed by atoms with Gasteiger partial charge in [-0.05, 0) is 29.7 Å². The predicted octanol–water partition coefficient (Wildman–Crippen LogP) is 3.73. The van der Waals surface area contributed by atoms with Crippen molar-refractivity contribution < 1.29 is 14.6 Å². The van der Waals surface area contributed by atoms with E-state index < -0.39 is 6.10 Å². The smallest absolute Gasteiger partial charge is 0.309 e. The van der Waals surface area contributed by atoms with Crippen LogP contribution >= 0.6 is 0 Å². The summed E-state index contributed by atoms with van der Waals surface area (Å²) < 4.78 is 5.41. The van der Waals surface area contributed by atoms with E-state index in [1.165, 1.54) is 6.42 Å². The Labute approximate surface area is 127 Å². The lowest BCUT2D eigenvalue weighted by atomic mass is 9.64. The summed E-state index contributed by atoms with van der Waals surface area (Å²) in [5, 5.41) is 10.1. The summed E-state index contributed by atoms with van der Waals surface area (Å²) in [4.78, 5) is 12.4. The van der Waals surface area contributed by atoms with Crippen molar-refractivity contribution in [2.45, 2.75) is 46.1 Å². The van der Waals surface area contributed by atoms with Gasteiger partial charge in [0.05, 0.1) is 5.92 Å². The molecular weight excluding hydrogens is 264 g/mol. The van der Waals surface area contributed by atoms with Crippen LogP contribution in [0.2, 0.25) is 0 Å². The molecule has 1 aromatic carbocycles. The van der Waals surface area contributed by atoms with Crippen LogP contribution in [0.15, 0.2) is 30.3 Å². The number of benzene rings is 1. The fourth-order valence-corrected chi connectivity index (χ4v) is 3.55. The maximum Gasteiger partial charge on any atom is 0.309 e. The van der Waals surface area contributed by atoms with Gasteiger partial charge in [0.25, 0.3) is 0 Å². The number of rotatable bonds is 4. The van der Waals surface area contributed by atoms with Gasteiger partial charge in [0.15, 0.2) is 0 Å². The van der Waals surface area contributed by atoms with E-state index in [2.05, 4.69) is 20.8 Å². The summed E-state index contributed by atoms with van der Waals surface area (Å²) in [6.45, 7) is 6.44. The number of ether oxygens (including phenoxy) is 1. The molecule has 0 radical (unpaired) electrons. The van der Waals surface area contributed by atoms with E-state index >= 15 is 0 Å². The largest absolute Gasteiger partial charge is 0.462 e. The van der Waals surface area contributed by atoms with Crippen molar-refractivity contribution in [3.05, 3.63) is 35.9 Å². The van der Waals surface area contributed by atoms with Gasteiger partial charge in [-0.2, -0.15) is 0 Å². The third-order valence-corrected chi connectivity index (χ3v) is 4.71. The van der Waals surface area contributed by atoms with E-state index in [0.717, 1.165) is 18.4 Å². The lowest BCUT2D eigenvalue weighted by Crippen LogP contribution is -2.40. The molecule has 1 saturated carbocycles. The molecule has 2 rings (SSSR count). The normalized spacial score (nSPS) is 26.1. The van der Waals surface area contributed by atoms with E-state index in [0.29, 0.717) is 5.92 Å². The highest BCUT2D eigenvalue weighted by Crippen LogP contribution is 2.44. The molecule has 0 saturated heterocycles. The molecular formula is C18H26O3. The van der Waals surface area contributed by atoms with Gasteiger partial charge >= 0.3 is 5.97 Å². The van der Waals surface area contributed by atoms with Crippen molar-refractivity contribution in [3.8, 4) is 0 Å². The third kappa shape index (κ3) is 3.85. The fourth-order valence-electron chi connectivity index (χ4n) is 3.55. The summed E-state index contributed by atoms with van der Waals surface area (Å²) in [5.74, 6) is 0.103. The topological polar surface area (TPSA) is 46.5 Å². The van der Waals surface area contributed by atoms with Crippen LogP contribution in [-0.4, -0.2) is 17.7 Å². The monoisotopic (exact) mass is 290 g/mol. The zero-order valence-corrected chi connectivity index (χ0v) is 13.2. The Kier molecular flexibility index (Phi) is 5.04. The van der Waals surface area contributed by atoms with Crippen molar-refractivity contribution in [3.63, 3.8) is 0 Å². The molecule has 1 aliphatic carbocycles. The molecule has 0 bridgehead atoms. The highest BCUT2D eigenvalue weighted by molar-refractivity contribution is 5.74. The van der Waals surface area contributed by atoms with Gasteiger partial charge in [0.1, 0.15) is 12.7 Å². The minimum Gasteiger partial charge on any atom is -0.462 e. The van der Waals surface area contributed by atoms with Gasteiger partial charge in [-0.25, -0.2) is 0 Å². The maximum absolute atomic E-state index is 12.4. The Morgan fingerprint density at radius 3 is 2.67 bits per heavy atom. The summed E-state index contributed by atoms with van der Waals surface area (Å²) in [5.41, 5.74) is 0.758. The number of hydrogen-bond acceptors (Lipinski definition) is 3. The molecule has 0 aliphatic heterocycles. The maximum atomic E-state index is 12.4. The quantitative estimate of drug-likeness (QED) is 0.860. The molecule has 21 heavy (non-hydrogen) atoms. The first kappa shape index (κ1) is 16.0. The van der Waals surface area contributed by atoms with Crippen LogP contribution in [-0.2, 0) is 9.53 Å². The first-order chi connectivity index (χ1) is 9.92. The van der Waals surface area contributed by atoms with Gasteiger partial charge in [-0.1, -0.05) is 57.5 Å². The van der Waals surface area contributed by atoms with Crippen LogP contribution in [0.3, 0.4) is 0 Å². The number of carbonyl (C=O) groups is 1. The van der Waals surface area contributed by atoms with E-state index in [1.807, 2.05) is 30.3 Å². The van der Waals surface area contributed by atoms with Crippen molar-refractivity contribution in [1.82, 2.24) is 0 Å². The Bertz CT molecular complexity index is 467. The molecule has 1 aliphatic rings. The molecule has 1 fully saturated rings. The second-order valence-corrected chi connectivity index (χ2v) is 6.89. The van der Waals surface area contributed by atoms with Gasteiger partial charge in [0.2, 0.25) is 0 Å². The van der Waals surface area contributed by atoms with Crippen molar-refractivity contribution in [1.29, 1.82) is 0 Å². The first-order valence-electron chi connectivity index (χ1n) is 7.81. The van der Waals surface area contributed by atoms with Crippen molar-refractivity contribution in [2.75, 3.05) is 6.61 Å². The number of esters is 1. The van der Waals surface area contributed by atoms with Gasteiger partial charge in [-0.15, -0.1) is 0 Å². The molecule has 3 nitrogen and oxygen atoms in total. The fraction of sp³-hybridized carbons (Fsp3) is 0.611. The molecule has 0 spiro atoms. The highest BCUT2D eigenvalue weighted by Gasteiger charge is 2.42. The Morgan fingerprint density at radius 1 is 1.38 bits per heavy atom. The SMILES string of the molecule is C[C@H]1CCCC(C)(C)[C@@H]1C(=O)OC[C@H](O)c1ccccc1. The number of carbonyl (C=O) groups excluding carboxylic acids is 1. The Balaban J connectivity index is 1.95. The molecule has 116 valence electrons. The first-order valence-corrected chi connectivity index (χ1v) is 7.81. The van der Waals surface area contributed by atoms with Crippen molar-refractivity contribution in [2.24, 2.45) is 17.3 Å². The zero-order valence-electron chi connectivity index (χ0n) is 13.2. The summed E-state index contributed by atoms with van der Waals surface area (Å²) >= 11 is 0. The standard InChI is InChI=1S/C18H26O3/c1-13-8-7-11-18(2,3)16(13)17(20)21-12-15(19)14-9-5-4-6-10-14/h4-6,9-10,13,15-16,19H,7-8,11-12H2,1-3H3/t13-,15-,16-/m0/s1. The molecule has 3 heteroatoms. The molecule has 3 atom stereocenters. The van der Waals surface area contributed by atoms with E-state index in [4.69, 9.17) is 4.74 Å². The van der Waals surface area contributed by atoms with Gasteiger partial charge < -0.3 is 9.84 Å². The Morgan fingerprint density at radius 2 is 2.05 bits per heavy atom. The highest BCUT2D eigenvalue weighted by atomic mass is 16.5. The number of hydrogen-bond donors (Lipinski definition) is 1. The van der Waals surface area contributed by atoms with Crippen LogP contribution in [0.4, 0.5) is 0 Å². The van der Waals surface area contributed by atoms with Gasteiger partial charge in [-0.3, -0.25) is 4.79 Å². The number of aliphatic hydroxyl groups excluding tert-OH is 1. The summed E-state index contributed by atoms with van der Waals surface area (Å²) in [6.07, 6.45) is 2.55. The van der Waals surface area contributed by atoms with Crippen LogP contribution in [0.1, 0.15) is 51.7 Å². The third-order valence-electron chi connectivity index (χ3n) is 4.71. The minimum absolute atomic E-state index is 0.0214. The Hall–Kier alpha value is -1.35. The molecule has 1 aromatic rings. The van der Waals surface area contributed by atoms with E-state index in [1.54, 1.807) is 0 Å². The van der Waals surface area contributed by atoms with E-state index in [-0.39, 0.29) is 23.9 Å². The zero-order chi connectivity index (χ0) is 15.5. The van der Waals surface area contributed by atoms with Crippen LogP contribution in [0.25, 0.3) is 0 Å². The lowest BCUT2D eigenvalue weighted by Gasteiger charge is -2.41. The van der Waals surface area contributed by atoms with E-state index in [9.17, 15) is 9.90 Å². The number of aliphatic hydroxyl groups is 1. The van der Waals surface area contributed by atoms with Crippen LogP contribution in [0, 0.1) is 17.3 Å². The molecule has 0 aromatic heterocycles. The molecule has 1 N–H and O–H groups in total. The van der Waals surface area contributed by atoms with Crippen LogP contribution < -0.4 is 0 Å².